The van der Waals surface area contributed by atoms with E-state index >= 15 is 0 Å². The van der Waals surface area contributed by atoms with Crippen LogP contribution in [0.3, 0.4) is 0 Å². The van der Waals surface area contributed by atoms with Gasteiger partial charge in [-0.25, -0.2) is 0 Å². The Kier molecular flexibility index (Phi) is 4.65. The monoisotopic (exact) mass is 313 g/mol. The van der Waals surface area contributed by atoms with Crippen LogP contribution in [0.25, 0.3) is 0 Å². The van der Waals surface area contributed by atoms with E-state index in [1.807, 2.05) is 6.07 Å². The number of ether oxygens (including phenoxy) is 1. The SMILES string of the molecule is COc1ccc(N2CCC(C(=O)Nc3ccncc3)CC2)nn1. The average Bonchev–Trinajstić information content (AvgIpc) is 2.63. The molecule has 7 nitrogen and oxygen atoms in total. The molecule has 7 heteroatoms. The van der Waals surface area contributed by atoms with Crippen molar-refractivity contribution in [1.82, 2.24) is 15.2 Å². The number of methoxy groups -OCH3 is 1. The molecule has 0 aromatic carbocycles. The van der Waals surface area contributed by atoms with Crippen molar-refractivity contribution in [2.45, 2.75) is 12.8 Å². The van der Waals surface area contributed by atoms with Crippen LogP contribution in [-0.2, 0) is 4.79 Å². The molecule has 120 valence electrons. The van der Waals surface area contributed by atoms with Crippen LogP contribution in [0.4, 0.5) is 11.5 Å². The van der Waals surface area contributed by atoms with Gasteiger partial charge in [0.1, 0.15) is 0 Å². The Bertz CT molecular complexity index is 639. The maximum absolute atomic E-state index is 12.3. The van der Waals surface area contributed by atoms with Crippen LogP contribution in [0, 0.1) is 5.92 Å². The molecule has 1 amide bonds. The number of carbonyl (C=O) groups excluding carboxylic acids is 1. The lowest BCUT2D eigenvalue weighted by Gasteiger charge is -2.31. The summed E-state index contributed by atoms with van der Waals surface area (Å²) in [6, 6.07) is 7.27. The van der Waals surface area contributed by atoms with E-state index in [2.05, 4.69) is 25.4 Å². The molecule has 0 unspecified atom stereocenters. The predicted octanol–water partition coefficient (Wildman–Crippen LogP) is 1.74. The topological polar surface area (TPSA) is 80.2 Å². The van der Waals surface area contributed by atoms with Crippen molar-refractivity contribution in [3.05, 3.63) is 36.7 Å². The number of rotatable bonds is 4. The molecule has 0 saturated carbocycles. The Morgan fingerprint density at radius 3 is 2.52 bits per heavy atom. The molecule has 2 aromatic heterocycles. The van der Waals surface area contributed by atoms with Crippen LogP contribution in [0.5, 0.6) is 5.88 Å². The van der Waals surface area contributed by atoms with Gasteiger partial charge >= 0.3 is 0 Å². The highest BCUT2D eigenvalue weighted by molar-refractivity contribution is 5.92. The molecule has 1 fully saturated rings. The standard InChI is InChI=1S/C16H19N5O2/c1-23-15-3-2-14(19-20-15)21-10-6-12(7-11-21)16(22)18-13-4-8-17-9-5-13/h2-5,8-9,12H,6-7,10-11H2,1H3,(H,17,18,22). The summed E-state index contributed by atoms with van der Waals surface area (Å²) < 4.78 is 5.01. The van der Waals surface area contributed by atoms with Gasteiger partial charge in [-0.2, -0.15) is 0 Å². The van der Waals surface area contributed by atoms with Crippen LogP contribution in [0.1, 0.15) is 12.8 Å². The second-order valence-corrected chi connectivity index (χ2v) is 5.42. The lowest BCUT2D eigenvalue weighted by Crippen LogP contribution is -2.38. The van der Waals surface area contributed by atoms with Crippen LogP contribution in [0.15, 0.2) is 36.7 Å². The molecule has 0 bridgehead atoms. The first-order chi connectivity index (χ1) is 11.3. The fourth-order valence-electron chi connectivity index (χ4n) is 2.64. The molecular weight excluding hydrogens is 294 g/mol. The smallest absolute Gasteiger partial charge is 0.233 e. The molecule has 0 atom stereocenters. The average molecular weight is 313 g/mol. The second-order valence-electron chi connectivity index (χ2n) is 5.42. The van der Waals surface area contributed by atoms with E-state index in [0.717, 1.165) is 37.4 Å². The molecule has 3 rings (SSSR count). The number of hydrogen-bond acceptors (Lipinski definition) is 6. The molecule has 23 heavy (non-hydrogen) atoms. The van der Waals surface area contributed by atoms with Gasteiger partial charge in [-0.1, -0.05) is 0 Å². The third-order valence-electron chi connectivity index (χ3n) is 3.97. The Hall–Kier alpha value is -2.70. The Morgan fingerprint density at radius 1 is 1.17 bits per heavy atom. The third kappa shape index (κ3) is 3.74. The van der Waals surface area contributed by atoms with E-state index in [4.69, 9.17) is 4.74 Å². The van der Waals surface area contributed by atoms with Gasteiger partial charge in [0.25, 0.3) is 0 Å². The highest BCUT2D eigenvalue weighted by Crippen LogP contribution is 2.23. The third-order valence-corrected chi connectivity index (χ3v) is 3.97. The fraction of sp³-hybridized carbons (Fsp3) is 0.375. The first-order valence-corrected chi connectivity index (χ1v) is 7.60. The van der Waals surface area contributed by atoms with Gasteiger partial charge in [-0.15, -0.1) is 10.2 Å². The number of piperidine rings is 1. The van der Waals surface area contributed by atoms with E-state index in [1.54, 1.807) is 37.7 Å². The Labute approximate surface area is 134 Å². The summed E-state index contributed by atoms with van der Waals surface area (Å²) in [6.07, 6.45) is 4.93. The summed E-state index contributed by atoms with van der Waals surface area (Å²) in [5.41, 5.74) is 0.786. The van der Waals surface area contributed by atoms with E-state index in [9.17, 15) is 4.79 Å². The van der Waals surface area contributed by atoms with Crippen LogP contribution >= 0.6 is 0 Å². The number of amides is 1. The first-order valence-electron chi connectivity index (χ1n) is 7.60. The summed E-state index contributed by atoms with van der Waals surface area (Å²) in [4.78, 5) is 18.4. The lowest BCUT2D eigenvalue weighted by molar-refractivity contribution is -0.120. The number of aromatic nitrogens is 3. The first kappa shape index (κ1) is 15.2. The van der Waals surface area contributed by atoms with Gasteiger partial charge in [0.05, 0.1) is 7.11 Å². The summed E-state index contributed by atoms with van der Waals surface area (Å²) in [5, 5.41) is 11.1. The zero-order valence-electron chi connectivity index (χ0n) is 13.0. The van der Waals surface area contributed by atoms with Crippen LogP contribution < -0.4 is 15.0 Å². The summed E-state index contributed by atoms with van der Waals surface area (Å²) in [7, 11) is 1.57. The number of anilines is 2. The van der Waals surface area contributed by atoms with Crippen LogP contribution in [0.2, 0.25) is 0 Å². The molecule has 0 radical (unpaired) electrons. The Balaban J connectivity index is 1.54. The quantitative estimate of drug-likeness (QED) is 0.926. The Morgan fingerprint density at radius 2 is 1.91 bits per heavy atom. The molecule has 0 spiro atoms. The maximum atomic E-state index is 12.3. The molecule has 0 aliphatic carbocycles. The van der Waals surface area contributed by atoms with Gasteiger partial charge in [-0.3, -0.25) is 9.78 Å². The zero-order chi connectivity index (χ0) is 16.1. The largest absolute Gasteiger partial charge is 0.480 e. The number of nitrogens with zero attached hydrogens (tertiary/aromatic N) is 4. The van der Waals surface area contributed by atoms with Crippen molar-refractivity contribution in [2.75, 3.05) is 30.4 Å². The number of nitrogens with one attached hydrogen (secondary N) is 1. The zero-order valence-corrected chi connectivity index (χ0v) is 13.0. The molecule has 1 N–H and O–H groups in total. The van der Waals surface area contributed by atoms with Crippen molar-refractivity contribution in [3.8, 4) is 5.88 Å². The van der Waals surface area contributed by atoms with Gasteiger partial charge in [0.15, 0.2) is 5.82 Å². The molecule has 2 aromatic rings. The molecule has 1 saturated heterocycles. The van der Waals surface area contributed by atoms with Gasteiger partial charge in [0.2, 0.25) is 11.8 Å². The van der Waals surface area contributed by atoms with E-state index in [-0.39, 0.29) is 11.8 Å². The minimum atomic E-state index is 0.0191. The van der Waals surface area contributed by atoms with Crippen molar-refractivity contribution >= 4 is 17.4 Å². The minimum absolute atomic E-state index is 0.0191. The summed E-state index contributed by atoms with van der Waals surface area (Å²) >= 11 is 0. The molecular formula is C16H19N5O2. The highest BCUT2D eigenvalue weighted by atomic mass is 16.5. The van der Waals surface area contributed by atoms with Gasteiger partial charge < -0.3 is 15.0 Å². The minimum Gasteiger partial charge on any atom is -0.480 e. The van der Waals surface area contributed by atoms with E-state index in [1.165, 1.54) is 0 Å². The lowest BCUT2D eigenvalue weighted by atomic mass is 9.96. The van der Waals surface area contributed by atoms with Crippen molar-refractivity contribution < 1.29 is 9.53 Å². The number of carbonyl (C=O) groups is 1. The number of pyridine rings is 1. The number of hydrogen-bond donors (Lipinski definition) is 1. The summed E-state index contributed by atoms with van der Waals surface area (Å²) in [5.74, 6) is 1.40. The van der Waals surface area contributed by atoms with E-state index < -0.39 is 0 Å². The maximum Gasteiger partial charge on any atom is 0.233 e. The predicted molar refractivity (Wildman–Crippen MR) is 86.4 cm³/mol. The fourth-order valence-corrected chi connectivity index (χ4v) is 2.64. The molecule has 3 heterocycles. The van der Waals surface area contributed by atoms with Gasteiger partial charge in [0, 0.05) is 43.2 Å². The van der Waals surface area contributed by atoms with Crippen molar-refractivity contribution in [1.29, 1.82) is 0 Å². The van der Waals surface area contributed by atoms with Crippen LogP contribution in [-0.4, -0.2) is 41.3 Å². The summed E-state index contributed by atoms with van der Waals surface area (Å²) in [6.45, 7) is 1.57. The molecule has 1 aliphatic rings. The van der Waals surface area contributed by atoms with E-state index in [0.29, 0.717) is 5.88 Å². The second kappa shape index (κ2) is 7.04. The van der Waals surface area contributed by atoms with Crippen molar-refractivity contribution in [3.63, 3.8) is 0 Å². The highest BCUT2D eigenvalue weighted by Gasteiger charge is 2.25. The molecule has 1 aliphatic heterocycles. The normalized spacial score (nSPS) is 15.3. The van der Waals surface area contributed by atoms with Gasteiger partial charge in [-0.05, 0) is 31.0 Å². The van der Waals surface area contributed by atoms with Crippen molar-refractivity contribution in [2.24, 2.45) is 5.92 Å².